The van der Waals surface area contributed by atoms with Gasteiger partial charge in [0.15, 0.2) is 0 Å². The summed E-state index contributed by atoms with van der Waals surface area (Å²) in [6.45, 7) is 4.00. The number of benzene rings is 1. The third-order valence-corrected chi connectivity index (χ3v) is 3.23. The number of tetrazole rings is 1. The number of nitrogens with zero attached hydrogens (tertiary/aromatic N) is 6. The van der Waals surface area contributed by atoms with E-state index in [-0.39, 0.29) is 0 Å². The third kappa shape index (κ3) is 2.72. The molecular weight excluding hydrogens is 242 g/mol. The number of hydrogen-bond acceptors (Lipinski definition) is 6. The number of anilines is 1. The summed E-state index contributed by atoms with van der Waals surface area (Å²) >= 11 is 0. The largest absolute Gasteiger partial charge is 0.304 e. The Morgan fingerprint density at radius 1 is 1.05 bits per heavy atom. The minimum absolute atomic E-state index is 0.649. The van der Waals surface area contributed by atoms with E-state index in [9.17, 15) is 0 Å². The van der Waals surface area contributed by atoms with Crippen LogP contribution in [0.15, 0.2) is 30.3 Å². The first-order chi connectivity index (χ1) is 9.33. The first-order valence-corrected chi connectivity index (χ1v) is 6.37. The molecule has 0 unspecified atom stereocenters. The number of likely N-dealkylation sites (N-methyl/N-ethyl adjacent to an activating group) is 1. The van der Waals surface area contributed by atoms with Crippen molar-refractivity contribution in [3.05, 3.63) is 30.3 Å². The van der Waals surface area contributed by atoms with Crippen LogP contribution in [-0.2, 0) is 0 Å². The number of rotatable bonds is 3. The summed E-state index contributed by atoms with van der Waals surface area (Å²) in [5.74, 6) is 0.649. The Labute approximate surface area is 111 Å². The van der Waals surface area contributed by atoms with E-state index in [0.717, 1.165) is 31.9 Å². The van der Waals surface area contributed by atoms with Crippen molar-refractivity contribution in [3.63, 3.8) is 0 Å². The fraction of sp³-hybridized carbons (Fsp3) is 0.417. The van der Waals surface area contributed by atoms with Crippen LogP contribution in [-0.4, -0.2) is 63.3 Å². The Morgan fingerprint density at radius 3 is 2.53 bits per heavy atom. The molecule has 19 heavy (non-hydrogen) atoms. The van der Waals surface area contributed by atoms with Crippen LogP contribution < -0.4 is 5.43 Å². The molecule has 7 heteroatoms. The van der Waals surface area contributed by atoms with Gasteiger partial charge in [0.1, 0.15) is 0 Å². The molecule has 1 aliphatic rings. The van der Waals surface area contributed by atoms with E-state index in [1.54, 1.807) is 4.68 Å². The van der Waals surface area contributed by atoms with Gasteiger partial charge in [0.25, 0.3) is 5.95 Å². The van der Waals surface area contributed by atoms with Gasteiger partial charge >= 0.3 is 0 Å². The van der Waals surface area contributed by atoms with E-state index in [0.29, 0.717) is 5.95 Å². The molecule has 7 nitrogen and oxygen atoms in total. The highest BCUT2D eigenvalue weighted by Crippen LogP contribution is 2.11. The lowest BCUT2D eigenvalue weighted by Crippen LogP contribution is -2.47. The highest BCUT2D eigenvalue weighted by atomic mass is 15.6. The molecule has 1 aliphatic heterocycles. The molecule has 0 atom stereocenters. The van der Waals surface area contributed by atoms with Crippen LogP contribution in [0.5, 0.6) is 0 Å². The van der Waals surface area contributed by atoms with Crippen LogP contribution in [0.3, 0.4) is 0 Å². The fourth-order valence-corrected chi connectivity index (χ4v) is 2.06. The van der Waals surface area contributed by atoms with Crippen molar-refractivity contribution >= 4 is 5.95 Å². The summed E-state index contributed by atoms with van der Waals surface area (Å²) in [6, 6.07) is 9.87. The predicted molar refractivity (Wildman–Crippen MR) is 71.8 cm³/mol. The summed E-state index contributed by atoms with van der Waals surface area (Å²) in [5.41, 5.74) is 4.23. The van der Waals surface area contributed by atoms with Crippen LogP contribution in [0.25, 0.3) is 5.69 Å². The molecule has 1 aromatic carbocycles. The van der Waals surface area contributed by atoms with E-state index in [4.69, 9.17) is 0 Å². The zero-order chi connectivity index (χ0) is 13.1. The van der Waals surface area contributed by atoms with Gasteiger partial charge in [-0.1, -0.05) is 23.3 Å². The third-order valence-electron chi connectivity index (χ3n) is 3.23. The maximum Gasteiger partial charge on any atom is 0.262 e. The Bertz CT molecular complexity index is 516. The van der Waals surface area contributed by atoms with Crippen LogP contribution >= 0.6 is 0 Å². The molecule has 0 radical (unpaired) electrons. The molecule has 0 spiro atoms. The molecule has 2 aromatic rings. The molecule has 2 heterocycles. The average molecular weight is 259 g/mol. The Kier molecular flexibility index (Phi) is 3.39. The summed E-state index contributed by atoms with van der Waals surface area (Å²) in [4.78, 5) is 2.30. The second-order valence-electron chi connectivity index (χ2n) is 4.65. The fourth-order valence-electron chi connectivity index (χ4n) is 2.06. The van der Waals surface area contributed by atoms with E-state index < -0.39 is 0 Å². The lowest BCUT2D eigenvalue weighted by atomic mass is 10.3. The molecule has 1 fully saturated rings. The molecule has 100 valence electrons. The van der Waals surface area contributed by atoms with Gasteiger partial charge in [-0.25, -0.2) is 5.01 Å². The molecule has 0 bridgehead atoms. The smallest absolute Gasteiger partial charge is 0.262 e. The van der Waals surface area contributed by atoms with Crippen molar-refractivity contribution in [2.45, 2.75) is 0 Å². The van der Waals surface area contributed by atoms with Crippen LogP contribution in [0.4, 0.5) is 5.95 Å². The number of hydrogen-bond donors (Lipinski definition) is 1. The van der Waals surface area contributed by atoms with Gasteiger partial charge in [-0.3, -0.25) is 5.43 Å². The monoisotopic (exact) mass is 259 g/mol. The lowest BCUT2D eigenvalue weighted by molar-refractivity contribution is 0.177. The van der Waals surface area contributed by atoms with E-state index >= 15 is 0 Å². The van der Waals surface area contributed by atoms with Crippen LogP contribution in [0, 0.1) is 0 Å². The Balaban J connectivity index is 1.74. The first kappa shape index (κ1) is 12.1. The molecule has 0 saturated carbocycles. The second kappa shape index (κ2) is 5.33. The molecule has 1 aromatic heterocycles. The zero-order valence-corrected chi connectivity index (χ0v) is 10.9. The van der Waals surface area contributed by atoms with Crippen molar-refractivity contribution in [3.8, 4) is 5.69 Å². The summed E-state index contributed by atoms with van der Waals surface area (Å²) in [5, 5.41) is 14.0. The molecule has 1 N–H and O–H groups in total. The topological polar surface area (TPSA) is 62.1 Å². The minimum atomic E-state index is 0.649. The Morgan fingerprint density at radius 2 is 1.79 bits per heavy atom. The normalized spacial score (nSPS) is 17.5. The first-order valence-electron chi connectivity index (χ1n) is 6.37. The van der Waals surface area contributed by atoms with Gasteiger partial charge in [-0.05, 0) is 29.6 Å². The Hall–Kier alpha value is -1.99. The average Bonchev–Trinajstić information content (AvgIpc) is 2.90. The number of para-hydroxylation sites is 1. The van der Waals surface area contributed by atoms with Gasteiger partial charge in [-0.2, -0.15) is 4.68 Å². The minimum Gasteiger partial charge on any atom is -0.304 e. The van der Waals surface area contributed by atoms with Gasteiger partial charge in [0.05, 0.1) is 5.69 Å². The number of aromatic nitrogens is 4. The van der Waals surface area contributed by atoms with Crippen molar-refractivity contribution in [1.82, 2.24) is 30.1 Å². The molecule has 1 saturated heterocycles. The molecular formula is C12H17N7. The predicted octanol–water partition coefficient (Wildman–Crippen LogP) is 0.237. The summed E-state index contributed by atoms with van der Waals surface area (Å²) in [7, 11) is 2.13. The van der Waals surface area contributed by atoms with Crippen molar-refractivity contribution in [2.75, 3.05) is 38.7 Å². The van der Waals surface area contributed by atoms with Gasteiger partial charge in [0.2, 0.25) is 0 Å². The van der Waals surface area contributed by atoms with Crippen LogP contribution in [0.1, 0.15) is 0 Å². The number of piperazine rings is 1. The lowest BCUT2D eigenvalue weighted by Gasteiger charge is -2.32. The van der Waals surface area contributed by atoms with Gasteiger partial charge < -0.3 is 4.90 Å². The maximum absolute atomic E-state index is 4.04. The zero-order valence-electron chi connectivity index (χ0n) is 10.9. The van der Waals surface area contributed by atoms with E-state index in [2.05, 4.69) is 37.9 Å². The number of nitrogens with one attached hydrogen (secondary N) is 1. The van der Waals surface area contributed by atoms with Crippen LogP contribution in [0.2, 0.25) is 0 Å². The maximum atomic E-state index is 4.04. The van der Waals surface area contributed by atoms with E-state index in [1.165, 1.54) is 0 Å². The van der Waals surface area contributed by atoms with E-state index in [1.807, 2.05) is 30.3 Å². The van der Waals surface area contributed by atoms with Gasteiger partial charge in [-0.15, -0.1) is 0 Å². The molecule has 3 rings (SSSR count). The molecule has 0 amide bonds. The highest BCUT2D eigenvalue weighted by Gasteiger charge is 2.16. The SMILES string of the molecule is CN1CCN(Nc2nnnn2-c2ccccc2)CC1. The number of hydrazine groups is 1. The van der Waals surface area contributed by atoms with Crippen molar-refractivity contribution < 1.29 is 0 Å². The summed E-state index contributed by atoms with van der Waals surface area (Å²) in [6.07, 6.45) is 0. The summed E-state index contributed by atoms with van der Waals surface area (Å²) < 4.78 is 1.71. The van der Waals surface area contributed by atoms with Crippen molar-refractivity contribution in [1.29, 1.82) is 0 Å². The van der Waals surface area contributed by atoms with Crippen molar-refractivity contribution in [2.24, 2.45) is 0 Å². The highest BCUT2D eigenvalue weighted by molar-refractivity contribution is 5.37. The standard InChI is InChI=1S/C12H17N7/c1-17-7-9-18(10-8-17)14-12-13-15-16-19(12)11-5-3-2-4-6-11/h2-6H,7-10H2,1H3,(H,13,14,16). The second-order valence-corrected chi connectivity index (χ2v) is 4.65. The quantitative estimate of drug-likeness (QED) is 0.852. The molecule has 0 aliphatic carbocycles. The van der Waals surface area contributed by atoms with Gasteiger partial charge in [0, 0.05) is 26.2 Å².